The molecule has 0 spiro atoms. The summed E-state index contributed by atoms with van der Waals surface area (Å²) in [4.78, 5) is 13.0. The highest BCUT2D eigenvalue weighted by Gasteiger charge is 2.13. The van der Waals surface area contributed by atoms with Crippen LogP contribution >= 0.6 is 0 Å². The largest absolute Gasteiger partial charge is 0.461 e. The molecule has 0 amide bonds. The van der Waals surface area contributed by atoms with E-state index in [1.807, 2.05) is 0 Å². The monoisotopic (exact) mass is 378 g/mol. The van der Waals surface area contributed by atoms with Crippen LogP contribution in [0.15, 0.2) is 47.1 Å². The number of benzene rings is 1. The van der Waals surface area contributed by atoms with E-state index in [1.54, 1.807) is 18.4 Å². The highest BCUT2D eigenvalue weighted by molar-refractivity contribution is 5.52. The Morgan fingerprint density at radius 1 is 1.04 bits per heavy atom. The zero-order chi connectivity index (χ0) is 19.3. The second kappa shape index (κ2) is 7.95. The number of nitrogens with zero attached hydrogens (tertiary/aromatic N) is 5. The van der Waals surface area contributed by atoms with E-state index in [1.165, 1.54) is 10.1 Å². The fourth-order valence-corrected chi connectivity index (χ4v) is 2.77. The summed E-state index contributed by atoms with van der Waals surface area (Å²) in [6.07, 6.45) is 3.51. The molecule has 144 valence electrons. The van der Waals surface area contributed by atoms with Crippen LogP contribution in [0.5, 0.6) is 0 Å². The Balaban J connectivity index is 1.40. The van der Waals surface area contributed by atoms with Crippen LogP contribution in [0.2, 0.25) is 0 Å². The molecule has 0 saturated carbocycles. The molecular formula is C19H22N8O. The van der Waals surface area contributed by atoms with Crippen molar-refractivity contribution in [2.75, 3.05) is 29.5 Å². The van der Waals surface area contributed by atoms with Crippen LogP contribution in [0.1, 0.15) is 18.9 Å². The minimum Gasteiger partial charge on any atom is -0.461 e. The average Bonchev–Trinajstić information content (AvgIpc) is 3.37. The molecule has 3 aromatic heterocycles. The van der Waals surface area contributed by atoms with Gasteiger partial charge in [0.15, 0.2) is 5.76 Å². The van der Waals surface area contributed by atoms with Crippen LogP contribution in [0.25, 0.3) is 17.4 Å². The quantitative estimate of drug-likeness (QED) is 0.428. The van der Waals surface area contributed by atoms with Gasteiger partial charge >= 0.3 is 0 Å². The molecule has 4 rings (SSSR count). The van der Waals surface area contributed by atoms with Gasteiger partial charge in [-0.2, -0.15) is 19.5 Å². The molecule has 9 heteroatoms. The molecule has 9 nitrogen and oxygen atoms in total. The number of aromatic nitrogens is 5. The van der Waals surface area contributed by atoms with Gasteiger partial charge in [0.05, 0.1) is 6.26 Å². The first-order valence-corrected chi connectivity index (χ1v) is 9.24. The molecule has 0 fully saturated rings. The lowest BCUT2D eigenvalue weighted by molar-refractivity contribution is 0.577. The van der Waals surface area contributed by atoms with Crippen LogP contribution in [0.3, 0.4) is 0 Å². The Kier molecular flexibility index (Phi) is 5.05. The predicted molar refractivity (Wildman–Crippen MR) is 108 cm³/mol. The van der Waals surface area contributed by atoms with E-state index in [0.29, 0.717) is 29.9 Å². The van der Waals surface area contributed by atoms with Crippen molar-refractivity contribution in [3.05, 3.63) is 48.2 Å². The molecule has 0 aliphatic heterocycles. The van der Waals surface area contributed by atoms with Crippen LogP contribution < -0.4 is 16.4 Å². The lowest BCUT2D eigenvalue weighted by atomic mass is 10.1. The number of nitrogens with two attached hydrogens (primary N) is 1. The molecule has 0 bridgehead atoms. The predicted octanol–water partition coefficient (Wildman–Crippen LogP) is 2.84. The second-order valence-corrected chi connectivity index (χ2v) is 6.33. The van der Waals surface area contributed by atoms with Gasteiger partial charge in [-0.05, 0) is 42.7 Å². The first kappa shape index (κ1) is 17.8. The number of fused-ring (bicyclic) bond motifs is 1. The highest BCUT2D eigenvalue weighted by atomic mass is 16.3. The Labute approximate surface area is 162 Å². The molecule has 0 atom stereocenters. The van der Waals surface area contributed by atoms with Gasteiger partial charge in [-0.25, -0.2) is 0 Å². The number of furan rings is 1. The second-order valence-electron chi connectivity index (χ2n) is 6.33. The molecular weight excluding hydrogens is 356 g/mol. The van der Waals surface area contributed by atoms with Crippen molar-refractivity contribution in [1.29, 1.82) is 0 Å². The van der Waals surface area contributed by atoms with Crippen LogP contribution in [-0.2, 0) is 6.42 Å². The highest BCUT2D eigenvalue weighted by Crippen LogP contribution is 2.17. The Hall–Kier alpha value is -3.62. The number of rotatable bonds is 8. The van der Waals surface area contributed by atoms with Gasteiger partial charge in [-0.15, -0.1) is 5.10 Å². The van der Waals surface area contributed by atoms with Crippen molar-refractivity contribution in [3.8, 4) is 11.6 Å². The maximum absolute atomic E-state index is 5.99. The first-order valence-electron chi connectivity index (χ1n) is 9.24. The van der Waals surface area contributed by atoms with Crippen molar-refractivity contribution >= 4 is 23.4 Å². The molecule has 0 radical (unpaired) electrons. The third kappa shape index (κ3) is 3.88. The smallest absolute Gasteiger partial charge is 0.259 e. The van der Waals surface area contributed by atoms with Gasteiger partial charge in [0.25, 0.3) is 5.78 Å². The lowest BCUT2D eigenvalue weighted by Crippen LogP contribution is -2.12. The summed E-state index contributed by atoms with van der Waals surface area (Å²) in [7, 11) is 0. The fourth-order valence-electron chi connectivity index (χ4n) is 2.77. The zero-order valence-electron chi connectivity index (χ0n) is 15.6. The standard InChI is InChI=1S/C19H22N8O/c1-2-10-21-14-7-5-13(6-8-14)9-11-22-18-24-17(20)27-19(25-18)23-16(26-27)15-4-3-12-28-15/h3-8,12,21H,2,9-11H2,1H3,(H3,20,22,23,24,25,26). The Bertz CT molecular complexity index is 1040. The summed E-state index contributed by atoms with van der Waals surface area (Å²) in [5, 5.41) is 10.8. The van der Waals surface area contributed by atoms with Crippen molar-refractivity contribution in [1.82, 2.24) is 24.6 Å². The molecule has 0 aliphatic carbocycles. The minimum atomic E-state index is 0.212. The molecule has 1 aromatic carbocycles. The van der Waals surface area contributed by atoms with Gasteiger partial charge < -0.3 is 20.8 Å². The normalized spacial score (nSPS) is 11.0. The molecule has 28 heavy (non-hydrogen) atoms. The van der Waals surface area contributed by atoms with Gasteiger partial charge in [-0.3, -0.25) is 0 Å². The van der Waals surface area contributed by atoms with Crippen molar-refractivity contribution in [2.24, 2.45) is 0 Å². The van der Waals surface area contributed by atoms with E-state index in [4.69, 9.17) is 10.2 Å². The number of hydrogen-bond donors (Lipinski definition) is 3. The molecule has 0 saturated heterocycles. The molecule has 0 aliphatic rings. The van der Waals surface area contributed by atoms with Gasteiger partial charge in [0, 0.05) is 18.8 Å². The summed E-state index contributed by atoms with van der Waals surface area (Å²) >= 11 is 0. The van der Waals surface area contributed by atoms with E-state index in [-0.39, 0.29) is 5.95 Å². The van der Waals surface area contributed by atoms with E-state index in [2.05, 4.69) is 61.9 Å². The molecule has 4 aromatic rings. The molecule has 3 heterocycles. The average molecular weight is 378 g/mol. The third-order valence-electron chi connectivity index (χ3n) is 4.20. The summed E-state index contributed by atoms with van der Waals surface area (Å²) in [5.74, 6) is 1.97. The number of hydrogen-bond acceptors (Lipinski definition) is 8. The molecule has 4 N–H and O–H groups in total. The minimum absolute atomic E-state index is 0.212. The van der Waals surface area contributed by atoms with Crippen LogP contribution in [0, 0.1) is 0 Å². The summed E-state index contributed by atoms with van der Waals surface area (Å²) in [6.45, 7) is 3.81. The fraction of sp³-hybridized carbons (Fsp3) is 0.263. The van der Waals surface area contributed by atoms with E-state index in [9.17, 15) is 0 Å². The van der Waals surface area contributed by atoms with Gasteiger partial charge in [-0.1, -0.05) is 19.1 Å². The van der Waals surface area contributed by atoms with Gasteiger partial charge in [0.1, 0.15) is 0 Å². The number of nitrogens with one attached hydrogen (secondary N) is 2. The summed E-state index contributed by atoms with van der Waals surface area (Å²) in [6, 6.07) is 12.0. The SMILES string of the molecule is CCCNc1ccc(CCNc2nc(N)n3nc(-c4ccco4)nc3n2)cc1. The summed E-state index contributed by atoms with van der Waals surface area (Å²) in [5.41, 5.74) is 8.36. The third-order valence-corrected chi connectivity index (χ3v) is 4.20. The topological polar surface area (TPSA) is 119 Å². The number of anilines is 3. The maximum atomic E-state index is 5.99. The number of nitrogen functional groups attached to an aromatic ring is 1. The van der Waals surface area contributed by atoms with E-state index < -0.39 is 0 Å². The van der Waals surface area contributed by atoms with Crippen LogP contribution in [0.4, 0.5) is 17.6 Å². The van der Waals surface area contributed by atoms with Crippen molar-refractivity contribution < 1.29 is 4.42 Å². The zero-order valence-corrected chi connectivity index (χ0v) is 15.6. The molecule has 0 unspecified atom stereocenters. The Morgan fingerprint density at radius 3 is 2.64 bits per heavy atom. The van der Waals surface area contributed by atoms with E-state index >= 15 is 0 Å². The van der Waals surface area contributed by atoms with Crippen molar-refractivity contribution in [2.45, 2.75) is 19.8 Å². The van der Waals surface area contributed by atoms with Gasteiger partial charge in [0.2, 0.25) is 17.7 Å². The first-order chi connectivity index (χ1) is 13.7. The Morgan fingerprint density at radius 2 is 1.89 bits per heavy atom. The summed E-state index contributed by atoms with van der Waals surface area (Å²) < 4.78 is 6.71. The van der Waals surface area contributed by atoms with Crippen molar-refractivity contribution in [3.63, 3.8) is 0 Å². The van der Waals surface area contributed by atoms with E-state index in [0.717, 1.165) is 25.1 Å². The lowest BCUT2D eigenvalue weighted by Gasteiger charge is -2.08. The van der Waals surface area contributed by atoms with Crippen LogP contribution in [-0.4, -0.2) is 37.7 Å². The maximum Gasteiger partial charge on any atom is 0.259 e.